The van der Waals surface area contributed by atoms with Gasteiger partial charge in [0.05, 0.1) is 4.83 Å². The molecule has 1 aromatic heterocycles. The molecule has 0 radical (unpaired) electrons. The molecular formula is C15H14BrNOS. The summed E-state index contributed by atoms with van der Waals surface area (Å²) in [4.78, 5) is 12.2. The van der Waals surface area contributed by atoms with Crippen molar-refractivity contribution in [2.45, 2.75) is 17.7 Å². The number of benzene rings is 1. The van der Waals surface area contributed by atoms with E-state index in [0.29, 0.717) is 0 Å². The van der Waals surface area contributed by atoms with Crippen molar-refractivity contribution < 1.29 is 4.79 Å². The number of nitrogens with one attached hydrogen (secondary N) is 1. The van der Waals surface area contributed by atoms with Crippen LogP contribution in [0.4, 0.5) is 0 Å². The van der Waals surface area contributed by atoms with Gasteiger partial charge in [0, 0.05) is 12.1 Å². The maximum atomic E-state index is 12.0. The third-order valence-electron chi connectivity index (χ3n) is 3.42. The molecule has 0 spiro atoms. The molecule has 1 N–H and O–H groups in total. The highest BCUT2D eigenvalue weighted by molar-refractivity contribution is 9.09. The highest BCUT2D eigenvalue weighted by Gasteiger charge is 2.18. The molecule has 0 aliphatic carbocycles. The van der Waals surface area contributed by atoms with Gasteiger partial charge < -0.3 is 5.32 Å². The number of thiophene rings is 1. The molecule has 0 bridgehead atoms. The number of amides is 1. The predicted octanol–water partition coefficient (Wildman–Crippen LogP) is 3.91. The largest absolute Gasteiger partial charge is 0.352 e. The minimum Gasteiger partial charge on any atom is -0.352 e. The first kappa shape index (κ1) is 12.9. The van der Waals surface area contributed by atoms with Gasteiger partial charge in [-0.3, -0.25) is 4.79 Å². The van der Waals surface area contributed by atoms with Gasteiger partial charge in [-0.15, -0.1) is 0 Å². The minimum absolute atomic E-state index is 0.0550. The number of hydrogen-bond acceptors (Lipinski definition) is 2. The number of aryl methyl sites for hydroxylation is 1. The molecule has 1 aliphatic heterocycles. The predicted molar refractivity (Wildman–Crippen MR) is 82.2 cm³/mol. The maximum Gasteiger partial charge on any atom is 0.251 e. The number of alkyl halides is 1. The number of hydrogen-bond donors (Lipinski definition) is 1. The summed E-state index contributed by atoms with van der Waals surface area (Å²) in [5.41, 5.74) is 4.35. The summed E-state index contributed by atoms with van der Waals surface area (Å²) in [5.74, 6) is 0.0550. The Hall–Kier alpha value is -1.13. The molecular weight excluding hydrogens is 322 g/mol. The zero-order valence-electron chi connectivity index (χ0n) is 10.4. The summed E-state index contributed by atoms with van der Waals surface area (Å²) in [6, 6.07) is 8.34. The van der Waals surface area contributed by atoms with Crippen molar-refractivity contribution in [3.63, 3.8) is 0 Å². The Kier molecular flexibility index (Phi) is 3.71. The molecule has 0 fully saturated rings. The Labute approximate surface area is 125 Å². The molecule has 19 heavy (non-hydrogen) atoms. The summed E-state index contributed by atoms with van der Waals surface area (Å²) in [6.07, 6.45) is 1.99. The van der Waals surface area contributed by atoms with Crippen LogP contribution in [0.25, 0.3) is 0 Å². The smallest absolute Gasteiger partial charge is 0.251 e. The molecule has 1 aromatic carbocycles. The van der Waals surface area contributed by atoms with Crippen LogP contribution in [0.15, 0.2) is 35.0 Å². The van der Waals surface area contributed by atoms with Gasteiger partial charge >= 0.3 is 0 Å². The van der Waals surface area contributed by atoms with Crippen molar-refractivity contribution in [2.24, 2.45) is 0 Å². The Morgan fingerprint density at radius 2 is 2.16 bits per heavy atom. The molecule has 3 rings (SSSR count). The van der Waals surface area contributed by atoms with E-state index in [4.69, 9.17) is 0 Å². The molecule has 1 atom stereocenters. The van der Waals surface area contributed by atoms with Gasteiger partial charge in [-0.2, -0.15) is 11.3 Å². The fourth-order valence-electron chi connectivity index (χ4n) is 2.37. The van der Waals surface area contributed by atoms with E-state index >= 15 is 0 Å². The second-order valence-electron chi connectivity index (χ2n) is 4.70. The molecule has 2 heterocycles. The summed E-state index contributed by atoms with van der Waals surface area (Å²) >= 11 is 5.40. The van der Waals surface area contributed by atoms with E-state index in [2.05, 4.69) is 50.2 Å². The van der Waals surface area contributed by atoms with E-state index in [0.717, 1.165) is 36.1 Å². The van der Waals surface area contributed by atoms with E-state index in [1.807, 2.05) is 6.07 Å². The van der Waals surface area contributed by atoms with Crippen molar-refractivity contribution in [2.75, 3.05) is 6.54 Å². The number of fused-ring (bicyclic) bond motifs is 1. The Bertz CT molecular complexity index is 594. The maximum absolute atomic E-state index is 12.0. The van der Waals surface area contributed by atoms with Crippen LogP contribution < -0.4 is 5.32 Å². The van der Waals surface area contributed by atoms with E-state index in [-0.39, 0.29) is 10.7 Å². The van der Waals surface area contributed by atoms with Crippen molar-refractivity contribution in [1.82, 2.24) is 5.32 Å². The van der Waals surface area contributed by atoms with Crippen molar-refractivity contribution in [1.29, 1.82) is 0 Å². The van der Waals surface area contributed by atoms with Crippen molar-refractivity contribution in [3.8, 4) is 0 Å². The van der Waals surface area contributed by atoms with E-state index in [9.17, 15) is 4.79 Å². The summed E-state index contributed by atoms with van der Waals surface area (Å²) < 4.78 is 0. The molecule has 1 aliphatic rings. The van der Waals surface area contributed by atoms with Gasteiger partial charge in [0.25, 0.3) is 5.91 Å². The molecule has 2 nitrogen and oxygen atoms in total. The lowest BCUT2D eigenvalue weighted by Gasteiger charge is -2.12. The summed E-state index contributed by atoms with van der Waals surface area (Å²) in [7, 11) is 0. The fourth-order valence-corrected chi connectivity index (χ4v) is 3.80. The van der Waals surface area contributed by atoms with Gasteiger partial charge in [0.1, 0.15) is 0 Å². The summed E-state index contributed by atoms with van der Waals surface area (Å²) in [5, 5.41) is 7.15. The number of carbonyl (C=O) groups is 1. The molecule has 98 valence electrons. The Morgan fingerprint density at radius 3 is 2.95 bits per heavy atom. The third-order valence-corrected chi connectivity index (χ3v) is 5.17. The Balaban J connectivity index is 1.98. The number of halogens is 1. The quantitative estimate of drug-likeness (QED) is 0.828. The third kappa shape index (κ3) is 2.60. The lowest BCUT2D eigenvalue weighted by molar-refractivity contribution is 0.0956. The van der Waals surface area contributed by atoms with Crippen LogP contribution in [-0.4, -0.2) is 12.5 Å². The van der Waals surface area contributed by atoms with Gasteiger partial charge in [-0.05, 0) is 52.4 Å². The monoisotopic (exact) mass is 335 g/mol. The van der Waals surface area contributed by atoms with Gasteiger partial charge in [0.2, 0.25) is 0 Å². The zero-order valence-corrected chi connectivity index (χ0v) is 12.8. The molecule has 2 aromatic rings. The van der Waals surface area contributed by atoms with E-state index in [1.54, 1.807) is 11.3 Å². The number of carbonyl (C=O) groups excluding carboxylic acids is 1. The Morgan fingerprint density at radius 1 is 1.26 bits per heavy atom. The lowest BCUT2D eigenvalue weighted by Crippen LogP contribution is -2.22. The average Bonchev–Trinajstić information content (AvgIpc) is 2.90. The minimum atomic E-state index is 0.0550. The SMILES string of the molecule is O=C1NCCCc2ccc(C(Br)c3ccsc3)cc21. The van der Waals surface area contributed by atoms with Gasteiger partial charge in [0.15, 0.2) is 0 Å². The summed E-state index contributed by atoms with van der Waals surface area (Å²) in [6.45, 7) is 0.769. The van der Waals surface area contributed by atoms with E-state index in [1.165, 1.54) is 5.56 Å². The normalized spacial score (nSPS) is 16.4. The first-order valence-electron chi connectivity index (χ1n) is 6.33. The lowest BCUT2D eigenvalue weighted by atomic mass is 9.98. The van der Waals surface area contributed by atoms with Crippen LogP contribution in [0.5, 0.6) is 0 Å². The number of rotatable bonds is 2. The van der Waals surface area contributed by atoms with Crippen LogP contribution in [0.1, 0.15) is 38.3 Å². The standard InChI is InChI=1S/C15H14BrNOS/c16-14(12-5-7-19-9-12)11-4-3-10-2-1-6-17-15(18)13(10)8-11/h3-5,7-9,14H,1-2,6H2,(H,17,18). The molecule has 1 unspecified atom stereocenters. The molecule has 4 heteroatoms. The molecule has 0 saturated heterocycles. The zero-order chi connectivity index (χ0) is 13.2. The topological polar surface area (TPSA) is 29.1 Å². The van der Waals surface area contributed by atoms with Crippen LogP contribution in [0.3, 0.4) is 0 Å². The molecule has 0 saturated carbocycles. The second kappa shape index (κ2) is 5.47. The van der Waals surface area contributed by atoms with Crippen LogP contribution in [0.2, 0.25) is 0 Å². The van der Waals surface area contributed by atoms with E-state index < -0.39 is 0 Å². The first-order chi connectivity index (χ1) is 9.25. The molecule has 1 amide bonds. The van der Waals surface area contributed by atoms with Crippen LogP contribution in [-0.2, 0) is 6.42 Å². The second-order valence-corrected chi connectivity index (χ2v) is 6.39. The highest BCUT2D eigenvalue weighted by Crippen LogP contribution is 2.33. The van der Waals surface area contributed by atoms with Gasteiger partial charge in [-0.25, -0.2) is 0 Å². The van der Waals surface area contributed by atoms with Crippen LogP contribution in [0, 0.1) is 0 Å². The van der Waals surface area contributed by atoms with Crippen molar-refractivity contribution >= 4 is 33.2 Å². The van der Waals surface area contributed by atoms with Gasteiger partial charge in [-0.1, -0.05) is 28.1 Å². The van der Waals surface area contributed by atoms with Crippen LogP contribution >= 0.6 is 27.3 Å². The average molecular weight is 336 g/mol. The highest BCUT2D eigenvalue weighted by atomic mass is 79.9. The first-order valence-corrected chi connectivity index (χ1v) is 8.19. The van der Waals surface area contributed by atoms with Crippen molar-refractivity contribution in [3.05, 3.63) is 57.3 Å². The fraction of sp³-hybridized carbons (Fsp3) is 0.267.